The molecule has 0 unspecified atom stereocenters. The van der Waals surface area contributed by atoms with E-state index in [1.54, 1.807) is 0 Å². The zero-order chi connectivity index (χ0) is 13.7. The van der Waals surface area contributed by atoms with E-state index in [1.807, 2.05) is 0 Å². The molecule has 1 aliphatic rings. The van der Waals surface area contributed by atoms with Gasteiger partial charge in [-0.3, -0.25) is 4.79 Å². The van der Waals surface area contributed by atoms with Crippen LogP contribution in [0.4, 0.5) is 4.39 Å². The first-order valence-corrected chi connectivity index (χ1v) is 7.38. The maximum Gasteiger partial charge on any atom is 0.251 e. The van der Waals surface area contributed by atoms with Crippen molar-refractivity contribution in [2.45, 2.75) is 43.4 Å². The summed E-state index contributed by atoms with van der Waals surface area (Å²) >= 11 is 3.98. The molecule has 0 radical (unpaired) electrons. The molecule has 1 aromatic carbocycles. The van der Waals surface area contributed by atoms with Crippen molar-refractivity contribution in [1.29, 1.82) is 0 Å². The number of carbonyl (C=O) groups is 1. The van der Waals surface area contributed by atoms with Crippen LogP contribution in [0.5, 0.6) is 0 Å². The molecule has 0 bridgehead atoms. The highest BCUT2D eigenvalue weighted by atomic mass is 32.1. The molecule has 2 rings (SSSR count). The molecule has 19 heavy (non-hydrogen) atoms. The van der Waals surface area contributed by atoms with E-state index >= 15 is 0 Å². The van der Waals surface area contributed by atoms with Crippen LogP contribution in [-0.2, 0) is 0 Å². The highest BCUT2D eigenvalue weighted by molar-refractivity contribution is 7.80. The van der Waals surface area contributed by atoms with Gasteiger partial charge in [0.05, 0.1) is 0 Å². The van der Waals surface area contributed by atoms with Crippen LogP contribution in [0.25, 0.3) is 0 Å². The summed E-state index contributed by atoms with van der Waals surface area (Å²) in [4.78, 5) is 12.0. The van der Waals surface area contributed by atoms with Gasteiger partial charge in [-0.05, 0) is 37.0 Å². The van der Waals surface area contributed by atoms with Crippen LogP contribution >= 0.6 is 12.6 Å². The number of hydrogen-bond donors (Lipinski definition) is 2. The number of halogens is 1. The van der Waals surface area contributed by atoms with Crippen molar-refractivity contribution in [3.63, 3.8) is 0 Å². The van der Waals surface area contributed by atoms with Crippen molar-refractivity contribution in [3.05, 3.63) is 29.6 Å². The van der Waals surface area contributed by atoms with Gasteiger partial charge in [-0.1, -0.05) is 25.7 Å². The second kappa shape index (κ2) is 6.94. The summed E-state index contributed by atoms with van der Waals surface area (Å²) in [6, 6.07) is 4.22. The lowest BCUT2D eigenvalue weighted by molar-refractivity contribution is 0.0952. The van der Waals surface area contributed by atoms with Gasteiger partial charge in [-0.2, -0.15) is 0 Å². The first-order chi connectivity index (χ1) is 9.16. The summed E-state index contributed by atoms with van der Waals surface area (Å²) in [6.45, 7) is 0.689. The zero-order valence-electron chi connectivity index (χ0n) is 11.0. The van der Waals surface area contributed by atoms with E-state index in [9.17, 15) is 9.18 Å². The molecule has 4 heteroatoms. The van der Waals surface area contributed by atoms with Crippen LogP contribution in [0, 0.1) is 11.7 Å². The van der Waals surface area contributed by atoms with Crippen molar-refractivity contribution in [3.8, 4) is 0 Å². The Bertz CT molecular complexity index is 444. The van der Waals surface area contributed by atoms with Crippen molar-refractivity contribution in [1.82, 2.24) is 5.32 Å². The molecule has 0 atom stereocenters. The second-order valence-corrected chi connectivity index (χ2v) is 5.70. The first kappa shape index (κ1) is 14.4. The number of rotatable bonds is 5. The van der Waals surface area contributed by atoms with E-state index in [0.29, 0.717) is 12.1 Å². The van der Waals surface area contributed by atoms with Crippen molar-refractivity contribution >= 4 is 18.5 Å². The third-order valence-corrected chi connectivity index (χ3v) is 4.10. The fourth-order valence-electron chi connectivity index (χ4n) is 2.65. The number of amides is 1. The second-order valence-electron chi connectivity index (χ2n) is 5.21. The van der Waals surface area contributed by atoms with E-state index in [0.717, 1.165) is 12.3 Å². The number of thiol groups is 1. The lowest BCUT2D eigenvalue weighted by atomic mass is 10.0. The monoisotopic (exact) mass is 281 g/mol. The number of hydrogen-bond acceptors (Lipinski definition) is 2. The minimum absolute atomic E-state index is 0.151. The van der Waals surface area contributed by atoms with Crippen LogP contribution < -0.4 is 5.32 Å². The molecule has 1 aromatic rings. The molecule has 1 saturated carbocycles. The molecule has 1 N–H and O–H groups in total. The number of benzene rings is 1. The standard InChI is InChI=1S/C15H20FNOS/c16-13-8-7-12(10-14(13)19)15(18)17-9-3-6-11-4-1-2-5-11/h7-8,10-11,19H,1-6,9H2,(H,17,18). The molecule has 104 valence electrons. The van der Waals surface area contributed by atoms with E-state index in [1.165, 1.54) is 50.3 Å². The number of carbonyl (C=O) groups excluding carboxylic acids is 1. The molecular formula is C15H20FNOS. The van der Waals surface area contributed by atoms with Gasteiger partial charge in [-0.25, -0.2) is 4.39 Å². The van der Waals surface area contributed by atoms with Crippen molar-refractivity contribution < 1.29 is 9.18 Å². The average molecular weight is 281 g/mol. The van der Waals surface area contributed by atoms with Gasteiger partial charge in [0.2, 0.25) is 0 Å². The molecule has 0 heterocycles. The van der Waals surface area contributed by atoms with Crippen LogP contribution in [0.3, 0.4) is 0 Å². The third kappa shape index (κ3) is 4.23. The molecule has 2 nitrogen and oxygen atoms in total. The van der Waals surface area contributed by atoms with Gasteiger partial charge >= 0.3 is 0 Å². The van der Waals surface area contributed by atoms with Crippen LogP contribution in [0.15, 0.2) is 23.1 Å². The molecule has 0 spiro atoms. The SMILES string of the molecule is O=C(NCCCC1CCCC1)c1ccc(F)c(S)c1. The van der Waals surface area contributed by atoms with Crippen LogP contribution in [0.1, 0.15) is 48.9 Å². The summed E-state index contributed by atoms with van der Waals surface area (Å²) in [7, 11) is 0. The molecule has 1 fully saturated rings. The van der Waals surface area contributed by atoms with Gasteiger partial charge in [-0.15, -0.1) is 12.6 Å². The third-order valence-electron chi connectivity index (χ3n) is 3.76. The molecule has 1 aliphatic carbocycles. The number of nitrogens with one attached hydrogen (secondary N) is 1. The minimum Gasteiger partial charge on any atom is -0.352 e. The average Bonchev–Trinajstić information content (AvgIpc) is 2.91. The molecule has 0 aliphatic heterocycles. The fourth-order valence-corrected chi connectivity index (χ4v) is 2.86. The fraction of sp³-hybridized carbons (Fsp3) is 0.533. The predicted octanol–water partition coefficient (Wildman–Crippen LogP) is 3.81. The lowest BCUT2D eigenvalue weighted by Gasteiger charge is -2.09. The van der Waals surface area contributed by atoms with Gasteiger partial charge in [0, 0.05) is 17.0 Å². The first-order valence-electron chi connectivity index (χ1n) is 6.93. The van der Waals surface area contributed by atoms with Gasteiger partial charge < -0.3 is 5.32 Å². The van der Waals surface area contributed by atoms with Gasteiger partial charge in [0.15, 0.2) is 0 Å². The molecule has 1 amide bonds. The topological polar surface area (TPSA) is 29.1 Å². The van der Waals surface area contributed by atoms with Gasteiger partial charge in [0.25, 0.3) is 5.91 Å². The Morgan fingerprint density at radius 3 is 2.79 bits per heavy atom. The highest BCUT2D eigenvalue weighted by Gasteiger charge is 2.14. The Kier molecular flexibility index (Phi) is 5.25. The molecular weight excluding hydrogens is 261 g/mol. The maximum absolute atomic E-state index is 13.0. The largest absolute Gasteiger partial charge is 0.352 e. The quantitative estimate of drug-likeness (QED) is 0.623. The van der Waals surface area contributed by atoms with E-state index in [2.05, 4.69) is 17.9 Å². The predicted molar refractivity (Wildman–Crippen MR) is 77.2 cm³/mol. The Balaban J connectivity index is 1.72. The summed E-state index contributed by atoms with van der Waals surface area (Å²) in [5, 5.41) is 2.87. The summed E-state index contributed by atoms with van der Waals surface area (Å²) in [5.74, 6) is 0.301. The van der Waals surface area contributed by atoms with Crippen molar-refractivity contribution in [2.75, 3.05) is 6.54 Å². The maximum atomic E-state index is 13.0. The minimum atomic E-state index is -0.402. The lowest BCUT2D eigenvalue weighted by Crippen LogP contribution is -2.24. The van der Waals surface area contributed by atoms with Crippen LogP contribution in [-0.4, -0.2) is 12.5 Å². The summed E-state index contributed by atoms with van der Waals surface area (Å²) in [6.07, 6.45) is 7.62. The van der Waals surface area contributed by atoms with Gasteiger partial charge in [0.1, 0.15) is 5.82 Å². The Hall–Kier alpha value is -1.03. The van der Waals surface area contributed by atoms with E-state index in [-0.39, 0.29) is 10.8 Å². The Morgan fingerprint density at radius 1 is 1.37 bits per heavy atom. The zero-order valence-corrected chi connectivity index (χ0v) is 11.9. The highest BCUT2D eigenvalue weighted by Crippen LogP contribution is 2.28. The summed E-state index contributed by atoms with van der Waals surface area (Å²) < 4.78 is 13.0. The smallest absolute Gasteiger partial charge is 0.251 e. The Labute approximate surface area is 119 Å². The Morgan fingerprint density at radius 2 is 2.11 bits per heavy atom. The van der Waals surface area contributed by atoms with E-state index in [4.69, 9.17) is 0 Å². The van der Waals surface area contributed by atoms with Crippen molar-refractivity contribution in [2.24, 2.45) is 5.92 Å². The molecule has 0 aromatic heterocycles. The van der Waals surface area contributed by atoms with E-state index < -0.39 is 5.82 Å². The molecule has 0 saturated heterocycles. The normalized spacial score (nSPS) is 15.7. The van der Waals surface area contributed by atoms with Crippen LogP contribution in [0.2, 0.25) is 0 Å². The summed E-state index contributed by atoms with van der Waals surface area (Å²) in [5.41, 5.74) is 0.465.